The summed E-state index contributed by atoms with van der Waals surface area (Å²) in [6, 6.07) is 5.07. The van der Waals surface area contributed by atoms with Crippen molar-refractivity contribution in [1.82, 2.24) is 4.90 Å². The number of rotatable bonds is 2. The van der Waals surface area contributed by atoms with E-state index < -0.39 is 11.6 Å². The molecule has 1 aliphatic heterocycles. The van der Waals surface area contributed by atoms with E-state index in [0.717, 1.165) is 5.56 Å². The van der Waals surface area contributed by atoms with Gasteiger partial charge >= 0.3 is 5.97 Å². The van der Waals surface area contributed by atoms with Crippen LogP contribution in [0.25, 0.3) is 0 Å². The van der Waals surface area contributed by atoms with Crippen LogP contribution >= 0.6 is 11.6 Å². The zero-order valence-corrected chi connectivity index (χ0v) is 12.8. The molecule has 0 N–H and O–H groups in total. The Labute approximate surface area is 123 Å². The Balaban J connectivity index is 2.16. The van der Waals surface area contributed by atoms with Gasteiger partial charge in [-0.3, -0.25) is 9.59 Å². The van der Waals surface area contributed by atoms with Gasteiger partial charge in [-0.15, -0.1) is 0 Å². The van der Waals surface area contributed by atoms with Crippen molar-refractivity contribution in [3.05, 3.63) is 34.3 Å². The van der Waals surface area contributed by atoms with E-state index in [9.17, 15) is 9.59 Å². The van der Waals surface area contributed by atoms with Crippen LogP contribution in [0.2, 0.25) is 5.02 Å². The Morgan fingerprint density at radius 3 is 2.65 bits per heavy atom. The van der Waals surface area contributed by atoms with Crippen molar-refractivity contribution in [2.45, 2.75) is 39.3 Å². The number of hydrogen-bond donors (Lipinski definition) is 0. The lowest BCUT2D eigenvalue weighted by Crippen LogP contribution is -2.36. The summed E-state index contributed by atoms with van der Waals surface area (Å²) in [5.41, 5.74) is 0.899. The molecule has 0 saturated heterocycles. The van der Waals surface area contributed by atoms with Crippen LogP contribution in [-0.2, 0) is 9.53 Å². The van der Waals surface area contributed by atoms with Crippen molar-refractivity contribution < 1.29 is 14.3 Å². The second-order valence-corrected chi connectivity index (χ2v) is 6.36. The minimum absolute atomic E-state index is 0.0520. The summed E-state index contributed by atoms with van der Waals surface area (Å²) in [4.78, 5) is 25.7. The van der Waals surface area contributed by atoms with E-state index in [1.54, 1.807) is 32.9 Å². The maximum atomic E-state index is 12.3. The first kappa shape index (κ1) is 14.9. The van der Waals surface area contributed by atoms with Crippen LogP contribution in [-0.4, -0.2) is 28.9 Å². The molecule has 0 unspecified atom stereocenters. The third kappa shape index (κ3) is 2.96. The molecular formula is C15H18ClNO3. The molecule has 0 spiro atoms. The normalized spacial score (nSPS) is 18.1. The van der Waals surface area contributed by atoms with E-state index in [4.69, 9.17) is 16.3 Å². The van der Waals surface area contributed by atoms with Crippen LogP contribution in [0.15, 0.2) is 18.2 Å². The molecule has 0 radical (unpaired) electrons. The third-order valence-corrected chi connectivity index (χ3v) is 3.38. The van der Waals surface area contributed by atoms with E-state index in [1.165, 1.54) is 4.90 Å². The molecule has 1 aromatic carbocycles. The molecule has 1 aliphatic rings. The number of carbonyl (C=O) groups excluding carboxylic acids is 2. The summed E-state index contributed by atoms with van der Waals surface area (Å²) < 4.78 is 5.26. The van der Waals surface area contributed by atoms with Gasteiger partial charge in [-0.1, -0.05) is 17.7 Å². The molecule has 0 saturated carbocycles. The fourth-order valence-corrected chi connectivity index (χ4v) is 2.47. The van der Waals surface area contributed by atoms with Gasteiger partial charge in [-0.2, -0.15) is 0 Å². The number of ether oxygens (including phenoxy) is 1. The fraction of sp³-hybridized carbons (Fsp3) is 0.467. The molecular weight excluding hydrogens is 278 g/mol. The van der Waals surface area contributed by atoms with Crippen molar-refractivity contribution in [1.29, 1.82) is 0 Å². The summed E-state index contributed by atoms with van der Waals surface area (Å²) >= 11 is 5.91. The van der Waals surface area contributed by atoms with Crippen LogP contribution in [0.3, 0.4) is 0 Å². The highest BCUT2D eigenvalue weighted by molar-refractivity contribution is 6.31. The van der Waals surface area contributed by atoms with E-state index in [2.05, 4.69) is 0 Å². The number of hydrogen-bond acceptors (Lipinski definition) is 3. The molecule has 2 rings (SSSR count). The molecule has 20 heavy (non-hydrogen) atoms. The van der Waals surface area contributed by atoms with Gasteiger partial charge in [0.05, 0.1) is 6.04 Å². The van der Waals surface area contributed by atoms with Crippen molar-refractivity contribution in [2.24, 2.45) is 0 Å². The molecule has 4 nitrogen and oxygen atoms in total. The van der Waals surface area contributed by atoms with Crippen molar-refractivity contribution in [3.8, 4) is 0 Å². The minimum atomic E-state index is -0.556. The minimum Gasteiger partial charge on any atom is -0.459 e. The van der Waals surface area contributed by atoms with E-state index in [0.29, 0.717) is 10.6 Å². The number of nitrogens with zero attached hydrogens (tertiary/aromatic N) is 1. The fourth-order valence-electron chi connectivity index (χ4n) is 2.30. The van der Waals surface area contributed by atoms with Crippen molar-refractivity contribution >= 4 is 23.5 Å². The van der Waals surface area contributed by atoms with Gasteiger partial charge in [0.15, 0.2) is 0 Å². The molecule has 0 fully saturated rings. The first-order valence-electron chi connectivity index (χ1n) is 6.51. The average Bonchev–Trinajstić information content (AvgIpc) is 2.52. The maximum Gasteiger partial charge on any atom is 0.326 e. The molecule has 5 heteroatoms. The first-order valence-corrected chi connectivity index (χ1v) is 6.89. The Morgan fingerprint density at radius 1 is 1.40 bits per heavy atom. The second-order valence-electron chi connectivity index (χ2n) is 5.93. The van der Waals surface area contributed by atoms with E-state index in [1.807, 2.05) is 13.0 Å². The highest BCUT2D eigenvalue weighted by Crippen LogP contribution is 2.34. The van der Waals surface area contributed by atoms with Crippen molar-refractivity contribution in [2.75, 3.05) is 6.54 Å². The SMILES string of the molecule is C[C@@H]1c2ccc(Cl)cc2C(=O)N1CC(=O)OC(C)(C)C. The lowest BCUT2D eigenvalue weighted by atomic mass is 10.1. The van der Waals surface area contributed by atoms with Crippen molar-refractivity contribution in [3.63, 3.8) is 0 Å². The molecule has 1 atom stereocenters. The maximum absolute atomic E-state index is 12.3. The topological polar surface area (TPSA) is 46.6 Å². The van der Waals surface area contributed by atoms with E-state index >= 15 is 0 Å². The summed E-state index contributed by atoms with van der Waals surface area (Å²) in [5, 5.41) is 0.517. The van der Waals surface area contributed by atoms with Gasteiger partial charge < -0.3 is 9.64 Å². The number of amides is 1. The number of halogens is 1. The Hall–Kier alpha value is -1.55. The average molecular weight is 296 g/mol. The lowest BCUT2D eigenvalue weighted by molar-refractivity contribution is -0.155. The molecule has 0 aliphatic carbocycles. The monoisotopic (exact) mass is 295 g/mol. The summed E-state index contributed by atoms with van der Waals surface area (Å²) in [6.45, 7) is 7.24. The zero-order valence-electron chi connectivity index (χ0n) is 12.1. The van der Waals surface area contributed by atoms with Gasteiger partial charge in [-0.05, 0) is 45.4 Å². The van der Waals surface area contributed by atoms with Gasteiger partial charge in [-0.25, -0.2) is 0 Å². The molecule has 1 amide bonds. The Kier molecular flexibility index (Phi) is 3.78. The molecule has 0 bridgehead atoms. The van der Waals surface area contributed by atoms with Gasteiger partial charge in [0.1, 0.15) is 12.1 Å². The zero-order chi connectivity index (χ0) is 15.1. The highest BCUT2D eigenvalue weighted by atomic mass is 35.5. The quantitative estimate of drug-likeness (QED) is 0.787. The molecule has 1 aromatic rings. The Bertz CT molecular complexity index is 563. The largest absolute Gasteiger partial charge is 0.459 e. The lowest BCUT2D eigenvalue weighted by Gasteiger charge is -2.24. The smallest absolute Gasteiger partial charge is 0.326 e. The van der Waals surface area contributed by atoms with Crippen LogP contribution in [0.1, 0.15) is 49.7 Å². The summed E-state index contributed by atoms with van der Waals surface area (Å²) in [6.07, 6.45) is 0. The van der Waals surface area contributed by atoms with Crippen LogP contribution in [0.5, 0.6) is 0 Å². The van der Waals surface area contributed by atoms with Crippen LogP contribution in [0.4, 0.5) is 0 Å². The van der Waals surface area contributed by atoms with Gasteiger partial charge in [0.2, 0.25) is 0 Å². The molecule has 0 aromatic heterocycles. The number of carbonyl (C=O) groups is 2. The first-order chi connectivity index (χ1) is 9.19. The molecule has 108 valence electrons. The Morgan fingerprint density at radius 2 is 2.05 bits per heavy atom. The standard InChI is InChI=1S/C15H18ClNO3/c1-9-11-6-5-10(16)7-12(11)14(19)17(9)8-13(18)20-15(2,3)4/h5-7,9H,8H2,1-4H3/t9-/m1/s1. The molecule has 1 heterocycles. The van der Waals surface area contributed by atoms with E-state index in [-0.39, 0.29) is 18.5 Å². The summed E-state index contributed by atoms with van der Waals surface area (Å²) in [5.74, 6) is -0.586. The predicted octanol–water partition coefficient (Wildman–Crippen LogP) is 3.20. The number of fused-ring (bicyclic) bond motifs is 1. The number of benzene rings is 1. The number of esters is 1. The second kappa shape index (κ2) is 5.09. The van der Waals surface area contributed by atoms with Gasteiger partial charge in [0, 0.05) is 10.6 Å². The van der Waals surface area contributed by atoms with Crippen LogP contribution in [0, 0.1) is 0 Å². The highest BCUT2D eigenvalue weighted by Gasteiger charge is 2.35. The van der Waals surface area contributed by atoms with Gasteiger partial charge in [0.25, 0.3) is 5.91 Å². The summed E-state index contributed by atoms with van der Waals surface area (Å²) in [7, 11) is 0. The van der Waals surface area contributed by atoms with Crippen LogP contribution < -0.4 is 0 Å². The predicted molar refractivity (Wildman–Crippen MR) is 76.7 cm³/mol. The third-order valence-electron chi connectivity index (χ3n) is 3.14.